The third-order valence-corrected chi connectivity index (χ3v) is 4.47. The lowest BCUT2D eigenvalue weighted by Gasteiger charge is -2.09. The van der Waals surface area contributed by atoms with Crippen molar-refractivity contribution in [3.63, 3.8) is 0 Å². The second-order valence-electron chi connectivity index (χ2n) is 5.67. The molecule has 1 amide bonds. The Morgan fingerprint density at radius 1 is 1.23 bits per heavy atom. The maximum Gasteiger partial charge on any atom is 0.282 e. The molecule has 1 N–H and O–H groups in total. The maximum atomic E-state index is 12.3. The minimum atomic E-state index is -0.296. The van der Waals surface area contributed by atoms with Crippen molar-refractivity contribution in [2.24, 2.45) is 0 Å². The molecule has 3 aromatic rings. The molecule has 2 heterocycles. The Morgan fingerprint density at radius 2 is 2.00 bits per heavy atom. The van der Waals surface area contributed by atoms with Crippen molar-refractivity contribution < 1.29 is 9.53 Å². The van der Waals surface area contributed by atoms with E-state index in [-0.39, 0.29) is 12.0 Å². The summed E-state index contributed by atoms with van der Waals surface area (Å²) in [5, 5.41) is 3.09. The SMILES string of the molecule is Cc1nccnc1CNC(=O)c1nc(C(C)OCc2ccccc2)ns1. The summed E-state index contributed by atoms with van der Waals surface area (Å²) >= 11 is 1.06. The highest BCUT2D eigenvalue weighted by atomic mass is 32.1. The summed E-state index contributed by atoms with van der Waals surface area (Å²) < 4.78 is 10.0. The zero-order valence-corrected chi connectivity index (χ0v) is 15.4. The van der Waals surface area contributed by atoms with E-state index in [4.69, 9.17) is 4.74 Å². The van der Waals surface area contributed by atoms with Gasteiger partial charge in [0.1, 0.15) is 6.10 Å². The fraction of sp³-hybridized carbons (Fsp3) is 0.278. The summed E-state index contributed by atoms with van der Waals surface area (Å²) in [6.07, 6.45) is 2.92. The van der Waals surface area contributed by atoms with Crippen LogP contribution in [0, 0.1) is 6.92 Å². The van der Waals surface area contributed by atoms with Gasteiger partial charge in [-0.25, -0.2) is 4.98 Å². The first-order chi connectivity index (χ1) is 12.6. The molecule has 3 rings (SSSR count). The average molecular weight is 369 g/mol. The number of hydrogen-bond acceptors (Lipinski definition) is 7. The molecule has 0 saturated carbocycles. The third kappa shape index (κ3) is 4.68. The quantitative estimate of drug-likeness (QED) is 0.689. The van der Waals surface area contributed by atoms with Crippen LogP contribution >= 0.6 is 11.5 Å². The lowest BCUT2D eigenvalue weighted by atomic mass is 10.2. The molecule has 0 aliphatic heterocycles. The molecule has 0 aliphatic carbocycles. The van der Waals surface area contributed by atoms with Crippen molar-refractivity contribution in [3.05, 3.63) is 70.5 Å². The van der Waals surface area contributed by atoms with Crippen LogP contribution in [0.2, 0.25) is 0 Å². The van der Waals surface area contributed by atoms with Gasteiger partial charge in [0, 0.05) is 12.4 Å². The van der Waals surface area contributed by atoms with Gasteiger partial charge in [-0.15, -0.1) is 0 Å². The van der Waals surface area contributed by atoms with Gasteiger partial charge in [-0.05, 0) is 30.9 Å². The van der Waals surface area contributed by atoms with Crippen LogP contribution in [0.1, 0.15) is 45.6 Å². The molecule has 1 unspecified atom stereocenters. The van der Waals surface area contributed by atoms with Gasteiger partial charge in [0.15, 0.2) is 5.82 Å². The molecule has 26 heavy (non-hydrogen) atoms. The molecule has 1 aromatic carbocycles. The number of ether oxygens (including phenoxy) is 1. The number of aromatic nitrogens is 4. The summed E-state index contributed by atoms with van der Waals surface area (Å²) in [5.41, 5.74) is 2.59. The van der Waals surface area contributed by atoms with E-state index in [0.29, 0.717) is 24.0 Å². The van der Waals surface area contributed by atoms with Crippen molar-refractivity contribution >= 4 is 17.4 Å². The zero-order chi connectivity index (χ0) is 18.4. The van der Waals surface area contributed by atoms with Crippen molar-refractivity contribution in [1.29, 1.82) is 0 Å². The van der Waals surface area contributed by atoms with Crippen molar-refractivity contribution in [3.8, 4) is 0 Å². The molecule has 0 saturated heterocycles. The van der Waals surface area contributed by atoms with Crippen molar-refractivity contribution in [2.75, 3.05) is 0 Å². The van der Waals surface area contributed by atoms with Crippen LogP contribution in [-0.4, -0.2) is 25.2 Å². The predicted molar refractivity (Wildman–Crippen MR) is 97.5 cm³/mol. The van der Waals surface area contributed by atoms with E-state index in [2.05, 4.69) is 24.6 Å². The highest BCUT2D eigenvalue weighted by Gasteiger charge is 2.17. The molecule has 8 heteroatoms. The highest BCUT2D eigenvalue weighted by molar-refractivity contribution is 7.07. The van der Waals surface area contributed by atoms with Gasteiger partial charge < -0.3 is 10.1 Å². The zero-order valence-electron chi connectivity index (χ0n) is 14.5. The highest BCUT2D eigenvalue weighted by Crippen LogP contribution is 2.18. The number of hydrogen-bond donors (Lipinski definition) is 1. The Kier molecular flexibility index (Phi) is 5.98. The van der Waals surface area contributed by atoms with Gasteiger partial charge >= 0.3 is 0 Å². The lowest BCUT2D eigenvalue weighted by Crippen LogP contribution is -2.24. The van der Waals surface area contributed by atoms with Crippen LogP contribution < -0.4 is 5.32 Å². The fourth-order valence-corrected chi connectivity index (χ4v) is 2.87. The predicted octanol–water partition coefficient (Wildman–Crippen LogP) is 2.84. The monoisotopic (exact) mass is 369 g/mol. The van der Waals surface area contributed by atoms with Crippen LogP contribution in [0.4, 0.5) is 0 Å². The summed E-state index contributed by atoms with van der Waals surface area (Å²) in [7, 11) is 0. The van der Waals surface area contributed by atoms with E-state index >= 15 is 0 Å². The number of rotatable bonds is 7. The summed E-state index contributed by atoms with van der Waals surface area (Å²) in [4.78, 5) is 24.9. The second-order valence-corrected chi connectivity index (χ2v) is 6.42. The normalized spacial score (nSPS) is 11.9. The molecule has 2 aromatic heterocycles. The number of nitrogens with zero attached hydrogens (tertiary/aromatic N) is 4. The van der Waals surface area contributed by atoms with Gasteiger partial charge in [0.2, 0.25) is 5.01 Å². The molecular formula is C18H19N5O2S. The van der Waals surface area contributed by atoms with E-state index in [9.17, 15) is 4.79 Å². The first-order valence-corrected chi connectivity index (χ1v) is 8.94. The van der Waals surface area contributed by atoms with E-state index in [1.807, 2.05) is 44.2 Å². The van der Waals surface area contributed by atoms with Crippen LogP contribution in [0.3, 0.4) is 0 Å². The Morgan fingerprint density at radius 3 is 2.77 bits per heavy atom. The molecule has 0 spiro atoms. The number of nitrogens with one attached hydrogen (secondary N) is 1. The minimum absolute atomic E-state index is 0.283. The van der Waals surface area contributed by atoms with Gasteiger partial charge in [0.25, 0.3) is 5.91 Å². The van der Waals surface area contributed by atoms with E-state index in [1.165, 1.54) is 0 Å². The summed E-state index contributed by atoms with van der Waals surface area (Å²) in [6, 6.07) is 9.88. The van der Waals surface area contributed by atoms with Gasteiger partial charge in [-0.3, -0.25) is 14.8 Å². The van der Waals surface area contributed by atoms with Gasteiger partial charge in [-0.2, -0.15) is 4.37 Å². The van der Waals surface area contributed by atoms with E-state index < -0.39 is 0 Å². The minimum Gasteiger partial charge on any atom is -0.366 e. The lowest BCUT2D eigenvalue weighted by molar-refractivity contribution is 0.0474. The largest absolute Gasteiger partial charge is 0.366 e. The summed E-state index contributed by atoms with van der Waals surface area (Å²) in [5.74, 6) is 0.223. The number of carbonyl (C=O) groups excluding carboxylic acids is 1. The Hall–Kier alpha value is -2.71. The molecule has 0 aliphatic rings. The van der Waals surface area contributed by atoms with Crippen LogP contribution in [0.5, 0.6) is 0 Å². The van der Waals surface area contributed by atoms with Crippen LogP contribution in [-0.2, 0) is 17.9 Å². The van der Waals surface area contributed by atoms with Crippen LogP contribution in [0.15, 0.2) is 42.7 Å². The molecular weight excluding hydrogens is 350 g/mol. The average Bonchev–Trinajstić information content (AvgIpc) is 3.16. The summed E-state index contributed by atoms with van der Waals surface area (Å²) in [6.45, 7) is 4.49. The molecule has 1 atom stereocenters. The van der Waals surface area contributed by atoms with Crippen LogP contribution in [0.25, 0.3) is 0 Å². The molecule has 0 bridgehead atoms. The smallest absolute Gasteiger partial charge is 0.282 e. The van der Waals surface area contributed by atoms with Crippen molar-refractivity contribution in [2.45, 2.75) is 33.1 Å². The number of amides is 1. The maximum absolute atomic E-state index is 12.3. The van der Waals surface area contributed by atoms with E-state index in [1.54, 1.807) is 12.4 Å². The number of benzene rings is 1. The number of aryl methyl sites for hydroxylation is 1. The molecule has 0 radical (unpaired) electrons. The van der Waals surface area contributed by atoms with Crippen molar-refractivity contribution in [1.82, 2.24) is 24.6 Å². The Balaban J connectivity index is 1.54. The Bertz CT molecular complexity index is 869. The molecule has 134 valence electrons. The van der Waals surface area contributed by atoms with Gasteiger partial charge in [0.05, 0.1) is 24.5 Å². The molecule has 7 nitrogen and oxygen atoms in total. The van der Waals surface area contributed by atoms with Gasteiger partial charge in [-0.1, -0.05) is 30.3 Å². The first kappa shape index (κ1) is 18.1. The topological polar surface area (TPSA) is 89.9 Å². The standard InChI is InChI=1S/C18H19N5O2S/c1-12-15(20-9-8-19-12)10-21-17(24)18-22-16(23-26-18)13(2)25-11-14-6-4-3-5-7-14/h3-9,13H,10-11H2,1-2H3,(H,21,24). The Labute approximate surface area is 155 Å². The van der Waals surface area contributed by atoms with E-state index in [0.717, 1.165) is 28.5 Å². The number of carbonyl (C=O) groups is 1. The third-order valence-electron chi connectivity index (χ3n) is 3.74. The fourth-order valence-electron chi connectivity index (χ4n) is 2.21. The second kappa shape index (κ2) is 8.59. The molecule has 0 fully saturated rings. The first-order valence-electron chi connectivity index (χ1n) is 8.17.